The molecule has 0 fully saturated rings. The molecule has 0 saturated heterocycles. The van der Waals surface area contributed by atoms with E-state index in [0.717, 1.165) is 6.42 Å². The molecule has 10 heteroatoms. The molecule has 0 unspecified atom stereocenters. The molecule has 0 radical (unpaired) electrons. The Morgan fingerprint density at radius 2 is 1.52 bits per heavy atom. The number of rotatable bonds is 9. The van der Waals surface area contributed by atoms with Gasteiger partial charge >= 0.3 is 12.1 Å². The topological polar surface area (TPSA) is 116 Å². The van der Waals surface area contributed by atoms with Crippen molar-refractivity contribution in [2.75, 3.05) is 24.6 Å². The number of hydrogen-bond acceptors (Lipinski definition) is 6. The predicted molar refractivity (Wildman–Crippen MR) is 93.1 cm³/mol. The van der Waals surface area contributed by atoms with Crippen LogP contribution in [0.25, 0.3) is 0 Å². The number of carbonyl (C=O) groups is 4. The Balaban J connectivity index is 3.54. The van der Waals surface area contributed by atoms with E-state index >= 15 is 0 Å². The van der Waals surface area contributed by atoms with E-state index in [-0.39, 0.29) is 11.7 Å². The van der Waals surface area contributed by atoms with Gasteiger partial charge in [-0.05, 0) is 12.3 Å². The van der Waals surface area contributed by atoms with Gasteiger partial charge in [-0.25, -0.2) is 9.59 Å². The second-order valence-electron chi connectivity index (χ2n) is 5.01. The summed E-state index contributed by atoms with van der Waals surface area (Å²) in [6.45, 7) is 6.26. The highest BCUT2D eigenvalue weighted by Gasteiger charge is 2.08. The van der Waals surface area contributed by atoms with Crippen LogP contribution in [0.15, 0.2) is 0 Å². The molecule has 0 atom stereocenters. The fourth-order valence-electron chi connectivity index (χ4n) is 1.25. The Morgan fingerprint density at radius 3 is 2.13 bits per heavy atom. The molecule has 0 rings (SSSR count). The van der Waals surface area contributed by atoms with Crippen LogP contribution in [-0.2, 0) is 9.59 Å². The fraction of sp³-hybridized carbons (Fsp3) is 0.692. The molecule has 132 valence electrons. The zero-order valence-electron chi connectivity index (χ0n) is 13.6. The van der Waals surface area contributed by atoms with Gasteiger partial charge in [-0.3, -0.25) is 20.2 Å². The lowest BCUT2D eigenvalue weighted by atomic mass is 10.1. The fourth-order valence-corrected chi connectivity index (χ4v) is 2.99. The minimum absolute atomic E-state index is 0.141. The first kappa shape index (κ1) is 21.6. The predicted octanol–water partition coefficient (Wildman–Crippen LogP) is 1.09. The number of nitrogens with one attached hydrogen (secondary N) is 4. The van der Waals surface area contributed by atoms with Crippen molar-refractivity contribution in [1.82, 2.24) is 21.3 Å². The van der Waals surface area contributed by atoms with Crippen LogP contribution in [0.5, 0.6) is 0 Å². The third-order valence-electron chi connectivity index (χ3n) is 2.29. The summed E-state index contributed by atoms with van der Waals surface area (Å²) < 4.78 is 0. The molecule has 0 bridgehead atoms. The van der Waals surface area contributed by atoms with Crippen molar-refractivity contribution in [1.29, 1.82) is 0 Å². The molecule has 0 aliphatic heterocycles. The molecule has 0 aliphatic rings. The van der Waals surface area contributed by atoms with Crippen LogP contribution >= 0.6 is 21.6 Å². The number of urea groups is 2. The SMILES string of the molecule is CC(=O)NC(=O)NCCSSCC(=O)NC(=O)NCCC(C)C. The summed E-state index contributed by atoms with van der Waals surface area (Å²) in [6.07, 6.45) is 0.858. The molecule has 23 heavy (non-hydrogen) atoms. The largest absolute Gasteiger partial charge is 0.338 e. The van der Waals surface area contributed by atoms with E-state index in [4.69, 9.17) is 0 Å². The summed E-state index contributed by atoms with van der Waals surface area (Å²) >= 11 is 0. The van der Waals surface area contributed by atoms with Crippen molar-refractivity contribution in [3.8, 4) is 0 Å². The molecular weight excluding hydrogens is 340 g/mol. The standard InChI is InChI=1S/C13H24N4O4S2/c1-9(2)4-5-14-13(21)17-11(19)8-23-22-7-6-15-12(20)16-10(3)18/h9H,4-8H2,1-3H3,(H2,14,17,19,21)(H2,15,16,18,20). The van der Waals surface area contributed by atoms with Crippen LogP contribution in [0.3, 0.4) is 0 Å². The molecule has 4 N–H and O–H groups in total. The van der Waals surface area contributed by atoms with Gasteiger partial charge in [-0.1, -0.05) is 35.4 Å². The molecule has 0 aliphatic carbocycles. The highest BCUT2D eigenvalue weighted by atomic mass is 33.1. The molecule has 8 nitrogen and oxygen atoms in total. The minimum atomic E-state index is -0.543. The Morgan fingerprint density at radius 1 is 0.913 bits per heavy atom. The quantitative estimate of drug-likeness (QED) is 0.359. The smallest absolute Gasteiger partial charge is 0.321 e. The van der Waals surface area contributed by atoms with E-state index in [1.165, 1.54) is 28.5 Å². The van der Waals surface area contributed by atoms with Gasteiger partial charge in [0.05, 0.1) is 5.75 Å². The minimum Gasteiger partial charge on any atom is -0.338 e. The van der Waals surface area contributed by atoms with Gasteiger partial charge in [0.2, 0.25) is 11.8 Å². The monoisotopic (exact) mass is 364 g/mol. The van der Waals surface area contributed by atoms with E-state index < -0.39 is 18.0 Å². The first-order valence-electron chi connectivity index (χ1n) is 7.18. The zero-order chi connectivity index (χ0) is 17.7. The van der Waals surface area contributed by atoms with Crippen molar-refractivity contribution in [3.05, 3.63) is 0 Å². The molecule has 0 heterocycles. The third kappa shape index (κ3) is 15.3. The summed E-state index contributed by atoms with van der Waals surface area (Å²) in [5.41, 5.74) is 0. The first-order valence-corrected chi connectivity index (χ1v) is 9.67. The van der Waals surface area contributed by atoms with E-state index in [1.54, 1.807) is 0 Å². The summed E-state index contributed by atoms with van der Waals surface area (Å²) in [5, 5.41) is 9.44. The lowest BCUT2D eigenvalue weighted by molar-refractivity contribution is -0.118. The normalized spacial score (nSPS) is 10.1. The Bertz CT molecular complexity index is 419. The maximum Gasteiger partial charge on any atom is 0.321 e. The average molecular weight is 364 g/mol. The molecule has 6 amide bonds. The summed E-state index contributed by atoms with van der Waals surface area (Å²) in [7, 11) is 2.67. The second-order valence-corrected chi connectivity index (χ2v) is 7.59. The second kappa shape index (κ2) is 13.1. The number of hydrogen-bond donors (Lipinski definition) is 4. The van der Waals surface area contributed by atoms with Crippen LogP contribution in [0.4, 0.5) is 9.59 Å². The van der Waals surface area contributed by atoms with Crippen LogP contribution < -0.4 is 21.3 Å². The van der Waals surface area contributed by atoms with Gasteiger partial charge in [-0.2, -0.15) is 0 Å². The van der Waals surface area contributed by atoms with E-state index in [1.807, 2.05) is 0 Å². The Labute approximate surface area is 144 Å². The zero-order valence-corrected chi connectivity index (χ0v) is 15.2. The maximum absolute atomic E-state index is 11.5. The van der Waals surface area contributed by atoms with Crippen LogP contribution in [0.1, 0.15) is 27.2 Å². The lowest BCUT2D eigenvalue weighted by Crippen LogP contribution is -2.40. The van der Waals surface area contributed by atoms with Gasteiger partial charge in [0, 0.05) is 25.8 Å². The van der Waals surface area contributed by atoms with Crippen molar-refractivity contribution in [2.24, 2.45) is 5.92 Å². The van der Waals surface area contributed by atoms with E-state index in [9.17, 15) is 19.2 Å². The summed E-state index contributed by atoms with van der Waals surface area (Å²) in [6, 6.07) is -1.03. The maximum atomic E-state index is 11.5. The first-order chi connectivity index (χ1) is 10.8. The van der Waals surface area contributed by atoms with Crippen molar-refractivity contribution in [3.63, 3.8) is 0 Å². The molecule has 0 spiro atoms. The molecule has 0 aromatic heterocycles. The van der Waals surface area contributed by atoms with Crippen molar-refractivity contribution < 1.29 is 19.2 Å². The lowest BCUT2D eigenvalue weighted by Gasteiger charge is -2.08. The third-order valence-corrected chi connectivity index (χ3v) is 4.57. The number of carbonyl (C=O) groups excluding carboxylic acids is 4. The van der Waals surface area contributed by atoms with Crippen LogP contribution in [-0.4, -0.2) is 48.5 Å². The molecular formula is C13H24N4O4S2. The summed E-state index contributed by atoms with van der Waals surface area (Å²) in [5.74, 6) is 0.412. The number of imide groups is 2. The molecule has 0 aromatic rings. The van der Waals surface area contributed by atoms with Crippen LogP contribution in [0, 0.1) is 5.92 Å². The molecule has 0 saturated carbocycles. The van der Waals surface area contributed by atoms with Crippen molar-refractivity contribution in [2.45, 2.75) is 27.2 Å². The van der Waals surface area contributed by atoms with Crippen LogP contribution in [0.2, 0.25) is 0 Å². The van der Waals surface area contributed by atoms with E-state index in [2.05, 4.69) is 35.1 Å². The van der Waals surface area contributed by atoms with Gasteiger partial charge < -0.3 is 10.6 Å². The number of amides is 6. The summed E-state index contributed by atoms with van der Waals surface area (Å²) in [4.78, 5) is 44.6. The Kier molecular flexibility index (Phi) is 12.3. The van der Waals surface area contributed by atoms with Gasteiger partial charge in [0.1, 0.15) is 0 Å². The van der Waals surface area contributed by atoms with Crippen molar-refractivity contribution >= 4 is 45.5 Å². The molecule has 0 aromatic carbocycles. The highest BCUT2D eigenvalue weighted by Crippen LogP contribution is 2.19. The van der Waals surface area contributed by atoms with Gasteiger partial charge in [-0.15, -0.1) is 0 Å². The van der Waals surface area contributed by atoms with Gasteiger partial charge in [0.15, 0.2) is 0 Å². The Hall–Kier alpha value is -1.42. The van der Waals surface area contributed by atoms with Gasteiger partial charge in [0.25, 0.3) is 0 Å². The highest BCUT2D eigenvalue weighted by molar-refractivity contribution is 8.76. The van der Waals surface area contributed by atoms with E-state index in [0.29, 0.717) is 24.8 Å². The average Bonchev–Trinajstić information content (AvgIpc) is 2.41.